The van der Waals surface area contributed by atoms with Crippen molar-refractivity contribution >= 4 is 30.0 Å². The van der Waals surface area contributed by atoms with Crippen LogP contribution in [0, 0.1) is 11.8 Å². The van der Waals surface area contributed by atoms with Gasteiger partial charge >= 0.3 is 5.97 Å². The summed E-state index contributed by atoms with van der Waals surface area (Å²) in [5, 5.41) is 0.565. The Morgan fingerprint density at radius 1 is 1.48 bits per heavy atom. The fraction of sp³-hybridized carbons (Fsp3) is 0.714. The lowest BCUT2D eigenvalue weighted by Gasteiger charge is -2.15. The molecule has 7 heteroatoms. The van der Waals surface area contributed by atoms with E-state index in [0.29, 0.717) is 17.7 Å². The summed E-state index contributed by atoms with van der Waals surface area (Å²) in [6.07, 6.45) is 3.20. The molecule has 2 atom stereocenters. The molecule has 3 heterocycles. The number of aromatic amines is 1. The number of carbonyl (C=O) groups is 1. The molecule has 3 rings (SSSR count). The molecule has 5 nitrogen and oxygen atoms in total. The molecule has 0 radical (unpaired) electrons. The Bertz CT molecular complexity index is 506. The van der Waals surface area contributed by atoms with Crippen molar-refractivity contribution in [3.05, 3.63) is 16.7 Å². The quantitative estimate of drug-likeness (QED) is 0.841. The third-order valence-corrected chi connectivity index (χ3v) is 4.50. The Morgan fingerprint density at radius 3 is 3.00 bits per heavy atom. The first-order valence-corrected chi connectivity index (χ1v) is 7.67. The molecule has 0 spiro atoms. The van der Waals surface area contributed by atoms with Gasteiger partial charge in [-0.05, 0) is 6.42 Å². The Kier molecular flexibility index (Phi) is 5.52. The summed E-state index contributed by atoms with van der Waals surface area (Å²) in [5.74, 6) is 1.32. The number of unbranched alkanes of at least 4 members (excludes halogenated alkanes) is 1. The van der Waals surface area contributed by atoms with Crippen LogP contribution < -0.4 is 0 Å². The number of nitrogens with one attached hydrogen (secondary N) is 1. The highest BCUT2D eigenvalue weighted by molar-refractivity contribution is 6.30. The molecule has 0 aromatic carbocycles. The standard InChI is InChI=1S/C14H20ClN3O2.ClH/c1-2-3-4-12-16-11(13(15)17-12)7-18-5-9-8-20-14(19)10(9)6-18;/h9-10H,2-8H2,1H3,(H,16,17);1H/t9-,10-;/m1./s1. The summed E-state index contributed by atoms with van der Waals surface area (Å²) < 4.78 is 5.08. The number of cyclic esters (lactones) is 1. The molecule has 118 valence electrons. The minimum Gasteiger partial charge on any atom is -0.465 e. The first kappa shape index (κ1) is 16.6. The highest BCUT2D eigenvalue weighted by Crippen LogP contribution is 2.31. The van der Waals surface area contributed by atoms with E-state index in [-0.39, 0.29) is 24.3 Å². The Labute approximate surface area is 135 Å². The number of aromatic nitrogens is 2. The molecule has 2 fully saturated rings. The molecule has 0 unspecified atom stereocenters. The van der Waals surface area contributed by atoms with Crippen LogP contribution in [0.5, 0.6) is 0 Å². The van der Waals surface area contributed by atoms with Crippen molar-refractivity contribution in [2.45, 2.75) is 32.7 Å². The number of hydrogen-bond donors (Lipinski definition) is 1. The molecule has 0 aliphatic carbocycles. The van der Waals surface area contributed by atoms with Crippen molar-refractivity contribution in [2.24, 2.45) is 11.8 Å². The zero-order valence-electron chi connectivity index (χ0n) is 12.1. The number of hydrogen-bond acceptors (Lipinski definition) is 4. The van der Waals surface area contributed by atoms with Gasteiger partial charge in [-0.1, -0.05) is 24.9 Å². The van der Waals surface area contributed by atoms with Gasteiger partial charge in [-0.15, -0.1) is 12.4 Å². The van der Waals surface area contributed by atoms with Crippen LogP contribution in [0.3, 0.4) is 0 Å². The Morgan fingerprint density at radius 2 is 2.29 bits per heavy atom. The monoisotopic (exact) mass is 333 g/mol. The molecule has 2 saturated heterocycles. The van der Waals surface area contributed by atoms with Gasteiger partial charge in [0.2, 0.25) is 0 Å². The highest BCUT2D eigenvalue weighted by atomic mass is 35.5. The van der Waals surface area contributed by atoms with Crippen molar-refractivity contribution in [2.75, 3.05) is 19.7 Å². The molecule has 1 aromatic rings. The SMILES string of the molecule is CCCCc1nc(Cl)c(CN2C[C@@H]3COC(=O)[C@@H]3C2)[nH]1.Cl. The lowest BCUT2D eigenvalue weighted by atomic mass is 10.0. The smallest absolute Gasteiger partial charge is 0.310 e. The number of ether oxygens (including phenoxy) is 1. The van der Waals surface area contributed by atoms with E-state index in [1.807, 2.05) is 0 Å². The van der Waals surface area contributed by atoms with Crippen LogP contribution >= 0.6 is 24.0 Å². The van der Waals surface area contributed by atoms with E-state index in [4.69, 9.17) is 16.3 Å². The van der Waals surface area contributed by atoms with E-state index in [9.17, 15) is 4.79 Å². The first-order valence-electron chi connectivity index (χ1n) is 7.29. The number of H-pyrrole nitrogens is 1. The number of imidazole rings is 1. The molecule has 1 aromatic heterocycles. The van der Waals surface area contributed by atoms with Gasteiger partial charge in [-0.3, -0.25) is 9.69 Å². The minimum absolute atomic E-state index is 0. The van der Waals surface area contributed by atoms with Gasteiger partial charge in [0, 0.05) is 32.0 Å². The van der Waals surface area contributed by atoms with Crippen molar-refractivity contribution in [3.63, 3.8) is 0 Å². The normalized spacial score (nSPS) is 24.8. The van der Waals surface area contributed by atoms with Crippen molar-refractivity contribution in [1.82, 2.24) is 14.9 Å². The van der Waals surface area contributed by atoms with E-state index >= 15 is 0 Å². The number of likely N-dealkylation sites (tertiary alicyclic amines) is 1. The van der Waals surface area contributed by atoms with Crippen LogP contribution in [0.15, 0.2) is 0 Å². The number of halogens is 2. The summed E-state index contributed by atoms with van der Waals surface area (Å²) in [6.45, 7) is 5.13. The maximum Gasteiger partial charge on any atom is 0.310 e. The maximum absolute atomic E-state index is 11.5. The van der Waals surface area contributed by atoms with E-state index < -0.39 is 0 Å². The van der Waals surface area contributed by atoms with Gasteiger partial charge in [0.1, 0.15) is 5.82 Å². The zero-order valence-corrected chi connectivity index (χ0v) is 13.7. The highest BCUT2D eigenvalue weighted by Gasteiger charge is 2.43. The fourth-order valence-electron chi connectivity index (χ4n) is 3.05. The Hall–Kier alpha value is -0.780. The number of esters is 1. The molecular weight excluding hydrogens is 313 g/mol. The Balaban J connectivity index is 0.00000161. The van der Waals surface area contributed by atoms with Crippen molar-refractivity contribution in [3.8, 4) is 0 Å². The number of fused-ring (bicyclic) bond motifs is 1. The van der Waals surface area contributed by atoms with Gasteiger partial charge in [0.05, 0.1) is 18.2 Å². The predicted octanol–water partition coefficient (Wildman–Crippen LogP) is 2.43. The largest absolute Gasteiger partial charge is 0.465 e. The maximum atomic E-state index is 11.5. The predicted molar refractivity (Wildman–Crippen MR) is 82.7 cm³/mol. The second-order valence-electron chi connectivity index (χ2n) is 5.75. The van der Waals surface area contributed by atoms with Gasteiger partial charge in [0.25, 0.3) is 0 Å². The minimum atomic E-state index is -0.0446. The van der Waals surface area contributed by atoms with Gasteiger partial charge < -0.3 is 9.72 Å². The van der Waals surface area contributed by atoms with E-state index in [1.165, 1.54) is 0 Å². The van der Waals surface area contributed by atoms with E-state index in [1.54, 1.807) is 0 Å². The molecular formula is C14H21Cl2N3O2. The average Bonchev–Trinajstić information content (AvgIpc) is 3.07. The van der Waals surface area contributed by atoms with Crippen molar-refractivity contribution < 1.29 is 9.53 Å². The molecule has 2 aliphatic heterocycles. The molecule has 0 bridgehead atoms. The van der Waals surface area contributed by atoms with Crippen LogP contribution in [0.25, 0.3) is 0 Å². The number of rotatable bonds is 5. The lowest BCUT2D eigenvalue weighted by molar-refractivity contribution is -0.141. The van der Waals surface area contributed by atoms with Crippen LogP contribution in [-0.2, 0) is 22.5 Å². The number of nitrogens with zero attached hydrogens (tertiary/aromatic N) is 2. The number of aryl methyl sites for hydroxylation is 1. The van der Waals surface area contributed by atoms with Crippen molar-refractivity contribution in [1.29, 1.82) is 0 Å². The molecule has 0 amide bonds. The lowest BCUT2D eigenvalue weighted by Crippen LogP contribution is -2.24. The fourth-order valence-corrected chi connectivity index (χ4v) is 3.26. The zero-order chi connectivity index (χ0) is 14.1. The van der Waals surface area contributed by atoms with Crippen LogP contribution in [0.1, 0.15) is 31.3 Å². The van der Waals surface area contributed by atoms with Gasteiger partial charge in [-0.2, -0.15) is 0 Å². The molecule has 1 N–H and O–H groups in total. The summed E-state index contributed by atoms with van der Waals surface area (Å²) in [4.78, 5) is 21.5. The first-order chi connectivity index (χ1) is 9.67. The van der Waals surface area contributed by atoms with Crippen LogP contribution in [-0.4, -0.2) is 40.5 Å². The molecule has 2 aliphatic rings. The van der Waals surface area contributed by atoms with Gasteiger partial charge in [-0.25, -0.2) is 4.98 Å². The third kappa shape index (κ3) is 3.52. The second-order valence-corrected chi connectivity index (χ2v) is 6.11. The topological polar surface area (TPSA) is 58.2 Å². The molecule has 0 saturated carbocycles. The number of carbonyl (C=O) groups excluding carboxylic acids is 1. The van der Waals surface area contributed by atoms with Crippen LogP contribution in [0.4, 0.5) is 0 Å². The summed E-state index contributed by atoms with van der Waals surface area (Å²) in [5.41, 5.74) is 0.964. The van der Waals surface area contributed by atoms with E-state index in [0.717, 1.165) is 50.4 Å². The van der Waals surface area contributed by atoms with Crippen LogP contribution in [0.2, 0.25) is 5.15 Å². The second kappa shape index (κ2) is 6.99. The summed E-state index contributed by atoms with van der Waals surface area (Å²) in [7, 11) is 0. The summed E-state index contributed by atoms with van der Waals surface area (Å²) >= 11 is 6.19. The van der Waals surface area contributed by atoms with Gasteiger partial charge in [0.15, 0.2) is 5.15 Å². The molecule has 21 heavy (non-hydrogen) atoms. The summed E-state index contributed by atoms with van der Waals surface area (Å²) in [6, 6.07) is 0. The van der Waals surface area contributed by atoms with E-state index in [2.05, 4.69) is 21.8 Å². The third-order valence-electron chi connectivity index (χ3n) is 4.19. The average molecular weight is 334 g/mol.